The first-order valence-electron chi connectivity index (χ1n) is 3.10. The van der Waals surface area contributed by atoms with Gasteiger partial charge in [-0.3, -0.25) is 0 Å². The van der Waals surface area contributed by atoms with Gasteiger partial charge in [-0.2, -0.15) is 0 Å². The molecule has 0 aliphatic rings. The summed E-state index contributed by atoms with van der Waals surface area (Å²) >= 11 is 5.32. The fraction of sp³-hybridized carbons (Fsp3) is 0.286. The van der Waals surface area contributed by atoms with E-state index in [1.54, 1.807) is 0 Å². The van der Waals surface area contributed by atoms with Gasteiger partial charge in [0.1, 0.15) is 0 Å². The molecular formula is C7H7ClFNO. The zero-order chi connectivity index (χ0) is 8.43. The van der Waals surface area contributed by atoms with Gasteiger partial charge < -0.3 is 5.11 Å². The van der Waals surface area contributed by atoms with Gasteiger partial charge in [0.05, 0.1) is 6.10 Å². The van der Waals surface area contributed by atoms with Crippen LogP contribution in [-0.2, 0) is 0 Å². The van der Waals surface area contributed by atoms with E-state index in [2.05, 4.69) is 4.98 Å². The standard InChI is InChI=1S/C7H7ClFNO/c1-4(11)5-2-6(9)7(8)10-3-5/h2-4,11H,1H3. The first-order chi connectivity index (χ1) is 5.11. The molecule has 1 aromatic rings. The summed E-state index contributed by atoms with van der Waals surface area (Å²) in [5, 5.41) is 8.82. The average Bonchev–Trinajstić information content (AvgIpc) is 1.94. The average molecular weight is 176 g/mol. The van der Waals surface area contributed by atoms with Gasteiger partial charge in [0.2, 0.25) is 0 Å². The molecule has 1 atom stereocenters. The van der Waals surface area contributed by atoms with E-state index in [0.29, 0.717) is 5.56 Å². The molecule has 0 amide bonds. The fourth-order valence-corrected chi connectivity index (χ4v) is 0.768. The van der Waals surface area contributed by atoms with Crippen molar-refractivity contribution >= 4 is 11.6 Å². The molecule has 2 nitrogen and oxygen atoms in total. The Morgan fingerprint density at radius 2 is 2.36 bits per heavy atom. The van der Waals surface area contributed by atoms with Crippen molar-refractivity contribution in [2.45, 2.75) is 13.0 Å². The van der Waals surface area contributed by atoms with E-state index in [9.17, 15) is 4.39 Å². The van der Waals surface area contributed by atoms with E-state index >= 15 is 0 Å². The largest absolute Gasteiger partial charge is 0.389 e. The predicted octanol–water partition coefficient (Wildman–Crippen LogP) is 1.93. The lowest BCUT2D eigenvalue weighted by molar-refractivity contribution is 0.198. The van der Waals surface area contributed by atoms with Crippen LogP contribution in [0.2, 0.25) is 5.15 Å². The van der Waals surface area contributed by atoms with E-state index in [4.69, 9.17) is 16.7 Å². The van der Waals surface area contributed by atoms with E-state index in [0.717, 1.165) is 0 Å². The Labute approximate surface area is 68.6 Å². The number of hydrogen-bond acceptors (Lipinski definition) is 2. The van der Waals surface area contributed by atoms with Crippen LogP contribution in [0.3, 0.4) is 0 Å². The summed E-state index contributed by atoms with van der Waals surface area (Å²) in [5.41, 5.74) is 0.423. The summed E-state index contributed by atoms with van der Waals surface area (Å²) in [5.74, 6) is -0.606. The third-order valence-electron chi connectivity index (χ3n) is 1.30. The highest BCUT2D eigenvalue weighted by Gasteiger charge is 2.05. The maximum absolute atomic E-state index is 12.6. The summed E-state index contributed by atoms with van der Waals surface area (Å²) in [6.45, 7) is 1.53. The normalized spacial score (nSPS) is 13.1. The van der Waals surface area contributed by atoms with Gasteiger partial charge in [0, 0.05) is 11.8 Å². The van der Waals surface area contributed by atoms with Gasteiger partial charge in [0.25, 0.3) is 0 Å². The highest BCUT2D eigenvalue weighted by molar-refractivity contribution is 6.29. The molecule has 0 spiro atoms. The smallest absolute Gasteiger partial charge is 0.164 e. The Balaban J connectivity index is 3.05. The highest BCUT2D eigenvalue weighted by atomic mass is 35.5. The molecule has 60 valence electrons. The molecule has 1 heterocycles. The van der Waals surface area contributed by atoms with Crippen LogP contribution in [0, 0.1) is 5.82 Å². The third kappa shape index (κ3) is 1.88. The first-order valence-corrected chi connectivity index (χ1v) is 3.48. The van der Waals surface area contributed by atoms with Crippen molar-refractivity contribution < 1.29 is 9.50 Å². The van der Waals surface area contributed by atoms with Crippen molar-refractivity contribution in [3.8, 4) is 0 Å². The van der Waals surface area contributed by atoms with Gasteiger partial charge >= 0.3 is 0 Å². The molecule has 1 rings (SSSR count). The Morgan fingerprint density at radius 1 is 1.73 bits per heavy atom. The molecule has 0 aliphatic carbocycles. The number of rotatable bonds is 1. The summed E-state index contributed by atoms with van der Waals surface area (Å²) < 4.78 is 12.6. The SMILES string of the molecule is CC(O)c1cnc(Cl)c(F)c1. The summed E-state index contributed by atoms with van der Waals surface area (Å²) in [6.07, 6.45) is 0.630. The van der Waals surface area contributed by atoms with Crippen molar-refractivity contribution in [3.05, 3.63) is 28.8 Å². The number of halogens is 2. The Bertz CT molecular complexity index is 265. The zero-order valence-corrected chi connectivity index (χ0v) is 6.64. The summed E-state index contributed by atoms with van der Waals surface area (Å²) in [4.78, 5) is 3.53. The van der Waals surface area contributed by atoms with Crippen molar-refractivity contribution in [1.29, 1.82) is 0 Å². The Morgan fingerprint density at radius 3 is 2.82 bits per heavy atom. The fourth-order valence-electron chi connectivity index (χ4n) is 0.664. The maximum Gasteiger partial charge on any atom is 0.164 e. The highest BCUT2D eigenvalue weighted by Crippen LogP contribution is 2.16. The van der Waals surface area contributed by atoms with Gasteiger partial charge in [-0.05, 0) is 13.0 Å². The van der Waals surface area contributed by atoms with Crippen LogP contribution < -0.4 is 0 Å². The molecule has 0 fully saturated rings. The first kappa shape index (κ1) is 8.43. The second kappa shape index (κ2) is 3.15. The van der Waals surface area contributed by atoms with Gasteiger partial charge in [-0.1, -0.05) is 11.6 Å². The summed E-state index contributed by atoms with van der Waals surface area (Å²) in [6, 6.07) is 1.17. The van der Waals surface area contributed by atoms with Crippen molar-refractivity contribution in [2.75, 3.05) is 0 Å². The summed E-state index contributed by atoms with van der Waals surface area (Å²) in [7, 11) is 0. The minimum Gasteiger partial charge on any atom is -0.389 e. The van der Waals surface area contributed by atoms with Crippen molar-refractivity contribution in [2.24, 2.45) is 0 Å². The van der Waals surface area contributed by atoms with Crippen molar-refractivity contribution in [3.63, 3.8) is 0 Å². The number of nitrogens with zero attached hydrogens (tertiary/aromatic N) is 1. The molecule has 0 bridgehead atoms. The molecule has 1 N–H and O–H groups in total. The Hall–Kier alpha value is -0.670. The van der Waals surface area contributed by atoms with Crippen LogP contribution in [0.4, 0.5) is 4.39 Å². The van der Waals surface area contributed by atoms with Gasteiger partial charge in [-0.25, -0.2) is 9.37 Å². The van der Waals surface area contributed by atoms with Crippen LogP contribution in [-0.4, -0.2) is 10.1 Å². The Kier molecular flexibility index (Phi) is 2.42. The lowest BCUT2D eigenvalue weighted by atomic mass is 10.2. The quantitative estimate of drug-likeness (QED) is 0.662. The zero-order valence-electron chi connectivity index (χ0n) is 5.88. The minimum atomic E-state index is -0.714. The molecule has 0 aliphatic heterocycles. The molecular weight excluding hydrogens is 169 g/mol. The molecule has 1 aromatic heterocycles. The minimum absolute atomic E-state index is 0.172. The maximum atomic E-state index is 12.6. The van der Waals surface area contributed by atoms with E-state index in [1.807, 2.05) is 0 Å². The predicted molar refractivity (Wildman–Crippen MR) is 39.8 cm³/mol. The number of aliphatic hydroxyl groups excluding tert-OH is 1. The molecule has 11 heavy (non-hydrogen) atoms. The number of pyridine rings is 1. The molecule has 4 heteroatoms. The van der Waals surface area contributed by atoms with Gasteiger partial charge in [-0.15, -0.1) is 0 Å². The van der Waals surface area contributed by atoms with E-state index < -0.39 is 11.9 Å². The van der Waals surface area contributed by atoms with Crippen LogP contribution in [0.15, 0.2) is 12.3 Å². The van der Waals surface area contributed by atoms with E-state index in [-0.39, 0.29) is 5.15 Å². The van der Waals surface area contributed by atoms with Crippen molar-refractivity contribution in [1.82, 2.24) is 4.98 Å². The second-order valence-electron chi connectivity index (χ2n) is 2.22. The molecule has 0 aromatic carbocycles. The molecule has 0 saturated heterocycles. The topological polar surface area (TPSA) is 33.1 Å². The van der Waals surface area contributed by atoms with Crippen LogP contribution in [0.5, 0.6) is 0 Å². The third-order valence-corrected chi connectivity index (χ3v) is 1.58. The van der Waals surface area contributed by atoms with Crippen LogP contribution in [0.25, 0.3) is 0 Å². The lowest BCUT2D eigenvalue weighted by Gasteiger charge is -2.03. The number of aromatic nitrogens is 1. The number of hydrogen-bond donors (Lipinski definition) is 1. The number of aliphatic hydroxyl groups is 1. The van der Waals surface area contributed by atoms with Crippen LogP contribution in [0.1, 0.15) is 18.6 Å². The molecule has 1 unspecified atom stereocenters. The van der Waals surface area contributed by atoms with Gasteiger partial charge in [0.15, 0.2) is 11.0 Å². The van der Waals surface area contributed by atoms with E-state index in [1.165, 1.54) is 19.2 Å². The second-order valence-corrected chi connectivity index (χ2v) is 2.58. The lowest BCUT2D eigenvalue weighted by Crippen LogP contribution is -1.94. The molecule has 0 saturated carbocycles. The molecule has 0 radical (unpaired) electrons. The van der Waals surface area contributed by atoms with Crippen LogP contribution >= 0.6 is 11.6 Å². The monoisotopic (exact) mass is 175 g/mol.